The summed E-state index contributed by atoms with van der Waals surface area (Å²) in [6.45, 7) is 2.39. The number of aryl methyl sites for hydroxylation is 1. The summed E-state index contributed by atoms with van der Waals surface area (Å²) in [4.78, 5) is 34.6. The number of carbonyl (C=O) groups excluding carboxylic acids is 3. The third-order valence-corrected chi connectivity index (χ3v) is 5.63. The van der Waals surface area contributed by atoms with Crippen LogP contribution in [0.15, 0.2) is 36.4 Å². The van der Waals surface area contributed by atoms with Crippen LogP contribution in [0.5, 0.6) is 17.2 Å². The molecule has 0 aliphatic rings. The van der Waals surface area contributed by atoms with Crippen LogP contribution in [0.3, 0.4) is 0 Å². The molecule has 0 radical (unpaired) electrons. The Balaban J connectivity index is 2.28. The van der Waals surface area contributed by atoms with Crippen molar-refractivity contribution >= 4 is 17.8 Å². The van der Waals surface area contributed by atoms with Crippen molar-refractivity contribution in [2.24, 2.45) is 11.1 Å². The first-order chi connectivity index (χ1) is 16.6. The van der Waals surface area contributed by atoms with Crippen molar-refractivity contribution in [2.75, 3.05) is 34.5 Å². The topological polar surface area (TPSA) is 123 Å². The molecule has 2 aromatic carbocycles. The van der Waals surface area contributed by atoms with Crippen molar-refractivity contribution in [2.45, 2.75) is 33.1 Å². The van der Waals surface area contributed by atoms with Gasteiger partial charge in [0.05, 0.1) is 21.3 Å². The molecule has 9 nitrogen and oxygen atoms in total. The van der Waals surface area contributed by atoms with E-state index in [0.29, 0.717) is 30.1 Å². The number of carbonyl (C=O) groups is 3. The summed E-state index contributed by atoms with van der Waals surface area (Å²) in [5.74, 6) is 0.0765. The van der Waals surface area contributed by atoms with E-state index < -0.39 is 23.3 Å². The highest BCUT2D eigenvalue weighted by Crippen LogP contribution is 2.44. The van der Waals surface area contributed by atoms with Crippen LogP contribution in [0.4, 0.5) is 0 Å². The van der Waals surface area contributed by atoms with Gasteiger partial charge in [0.2, 0.25) is 11.7 Å². The van der Waals surface area contributed by atoms with Gasteiger partial charge in [-0.25, -0.2) is 0 Å². The lowest BCUT2D eigenvalue weighted by atomic mass is 9.80. The SMILES string of the molecule is COc1ccc(-c2ccc(CCC(COC(C)=O)(COC(C)=O)CC(N)=O)cc2)c(OC)c1OC. The van der Waals surface area contributed by atoms with Gasteiger partial charge in [-0.15, -0.1) is 0 Å². The van der Waals surface area contributed by atoms with Crippen molar-refractivity contribution in [3.63, 3.8) is 0 Å². The number of rotatable bonds is 13. The molecular weight excluding hydrogens is 454 g/mol. The lowest BCUT2D eigenvalue weighted by Crippen LogP contribution is -2.38. The molecule has 0 aliphatic carbocycles. The maximum absolute atomic E-state index is 11.8. The Kier molecular flexibility index (Phi) is 9.93. The van der Waals surface area contributed by atoms with Crippen LogP contribution >= 0.6 is 0 Å². The molecule has 9 heteroatoms. The molecule has 0 heterocycles. The summed E-state index contributed by atoms with van der Waals surface area (Å²) >= 11 is 0. The van der Waals surface area contributed by atoms with E-state index in [2.05, 4.69) is 0 Å². The molecule has 0 spiro atoms. The maximum Gasteiger partial charge on any atom is 0.302 e. The molecule has 35 heavy (non-hydrogen) atoms. The smallest absolute Gasteiger partial charge is 0.302 e. The number of esters is 2. The first kappa shape index (κ1) is 27.5. The highest BCUT2D eigenvalue weighted by Gasteiger charge is 2.35. The maximum atomic E-state index is 11.8. The lowest BCUT2D eigenvalue weighted by molar-refractivity contribution is -0.154. The van der Waals surface area contributed by atoms with Gasteiger partial charge in [-0.1, -0.05) is 24.3 Å². The summed E-state index contributed by atoms with van der Waals surface area (Å²) in [5, 5.41) is 0. The highest BCUT2D eigenvalue weighted by molar-refractivity contribution is 5.76. The molecule has 0 fully saturated rings. The number of nitrogens with two attached hydrogens (primary N) is 1. The van der Waals surface area contributed by atoms with E-state index in [4.69, 9.17) is 29.4 Å². The van der Waals surface area contributed by atoms with Gasteiger partial charge in [0.25, 0.3) is 0 Å². The minimum absolute atomic E-state index is 0.0839. The summed E-state index contributed by atoms with van der Waals surface area (Å²) in [6, 6.07) is 11.5. The van der Waals surface area contributed by atoms with Gasteiger partial charge in [-0.3, -0.25) is 14.4 Å². The molecule has 0 bridgehead atoms. The molecule has 0 atom stereocenters. The van der Waals surface area contributed by atoms with Crippen molar-refractivity contribution in [3.8, 4) is 28.4 Å². The minimum Gasteiger partial charge on any atom is -0.493 e. The zero-order valence-electron chi connectivity index (χ0n) is 20.8. The number of hydrogen-bond acceptors (Lipinski definition) is 8. The number of hydrogen-bond donors (Lipinski definition) is 1. The van der Waals surface area contributed by atoms with Crippen LogP contribution in [0, 0.1) is 5.41 Å². The lowest BCUT2D eigenvalue weighted by Gasteiger charge is -2.31. The first-order valence-electron chi connectivity index (χ1n) is 11.1. The van der Waals surface area contributed by atoms with Crippen molar-refractivity contribution < 1.29 is 38.1 Å². The molecule has 2 rings (SSSR count). The second-order valence-electron chi connectivity index (χ2n) is 8.28. The van der Waals surface area contributed by atoms with Crippen LogP contribution in [-0.4, -0.2) is 52.4 Å². The predicted molar refractivity (Wildman–Crippen MR) is 129 cm³/mol. The molecule has 0 unspecified atom stereocenters. The Labute approximate surface area is 205 Å². The van der Waals surface area contributed by atoms with Gasteiger partial charge in [0, 0.05) is 31.2 Å². The van der Waals surface area contributed by atoms with E-state index in [1.807, 2.05) is 36.4 Å². The molecule has 2 N–H and O–H groups in total. The van der Waals surface area contributed by atoms with Gasteiger partial charge < -0.3 is 29.4 Å². The molecule has 0 aliphatic heterocycles. The van der Waals surface area contributed by atoms with Crippen LogP contribution in [-0.2, 0) is 30.3 Å². The molecule has 1 amide bonds. The quantitative estimate of drug-likeness (QED) is 0.427. The van der Waals surface area contributed by atoms with E-state index in [1.54, 1.807) is 21.3 Å². The minimum atomic E-state index is -0.922. The van der Waals surface area contributed by atoms with E-state index in [1.165, 1.54) is 13.8 Å². The Morgan fingerprint density at radius 2 is 1.37 bits per heavy atom. The average molecular weight is 488 g/mol. The summed E-state index contributed by atoms with van der Waals surface area (Å²) < 4.78 is 26.8. The number of amides is 1. The molecule has 0 aromatic heterocycles. The summed E-state index contributed by atoms with van der Waals surface area (Å²) in [5.41, 5.74) is 7.27. The largest absolute Gasteiger partial charge is 0.493 e. The van der Waals surface area contributed by atoms with Gasteiger partial charge in [-0.05, 0) is 36.1 Å². The second-order valence-corrected chi connectivity index (χ2v) is 8.28. The fourth-order valence-electron chi connectivity index (χ4n) is 3.84. The van der Waals surface area contributed by atoms with Crippen LogP contribution in [0.1, 0.15) is 32.3 Å². The number of benzene rings is 2. The van der Waals surface area contributed by atoms with E-state index in [9.17, 15) is 14.4 Å². The van der Waals surface area contributed by atoms with Crippen molar-refractivity contribution in [1.82, 2.24) is 0 Å². The molecular formula is C26H33NO8. The normalized spacial score (nSPS) is 10.9. The highest BCUT2D eigenvalue weighted by atomic mass is 16.5. The molecule has 2 aromatic rings. The van der Waals surface area contributed by atoms with E-state index >= 15 is 0 Å². The van der Waals surface area contributed by atoms with Crippen molar-refractivity contribution in [3.05, 3.63) is 42.0 Å². The fourth-order valence-corrected chi connectivity index (χ4v) is 3.84. The summed E-state index contributed by atoms with van der Waals surface area (Å²) in [7, 11) is 4.68. The fraction of sp³-hybridized carbons (Fsp3) is 0.423. The van der Waals surface area contributed by atoms with E-state index in [0.717, 1.165) is 16.7 Å². The zero-order chi connectivity index (χ0) is 26.0. The standard InChI is InChI=1S/C26H33NO8/c1-17(28)34-15-26(14-23(27)30,16-35-18(2)29)13-12-19-6-8-20(9-7-19)21-10-11-22(31-3)25(33-5)24(21)32-4/h6-11H,12-16H2,1-5H3,(H2,27,30). The number of ether oxygens (including phenoxy) is 5. The molecule has 0 saturated carbocycles. The monoisotopic (exact) mass is 487 g/mol. The zero-order valence-corrected chi connectivity index (χ0v) is 20.8. The van der Waals surface area contributed by atoms with Crippen LogP contribution in [0.25, 0.3) is 11.1 Å². The van der Waals surface area contributed by atoms with Gasteiger partial charge in [-0.2, -0.15) is 0 Å². The first-order valence-corrected chi connectivity index (χ1v) is 11.1. The van der Waals surface area contributed by atoms with Crippen LogP contribution < -0.4 is 19.9 Å². The number of primary amides is 1. The Morgan fingerprint density at radius 1 is 0.800 bits per heavy atom. The molecule has 0 saturated heterocycles. The Morgan fingerprint density at radius 3 is 1.83 bits per heavy atom. The average Bonchev–Trinajstić information content (AvgIpc) is 2.83. The third kappa shape index (κ3) is 7.63. The van der Waals surface area contributed by atoms with Crippen LogP contribution in [0.2, 0.25) is 0 Å². The number of methoxy groups -OCH3 is 3. The summed E-state index contributed by atoms with van der Waals surface area (Å²) in [6.07, 6.45) is 0.864. The molecule has 190 valence electrons. The van der Waals surface area contributed by atoms with E-state index in [-0.39, 0.29) is 19.6 Å². The third-order valence-electron chi connectivity index (χ3n) is 5.63. The van der Waals surface area contributed by atoms with Gasteiger partial charge >= 0.3 is 11.9 Å². The second kappa shape index (κ2) is 12.6. The van der Waals surface area contributed by atoms with Crippen molar-refractivity contribution in [1.29, 1.82) is 0 Å². The predicted octanol–water partition coefficient (Wildman–Crippen LogP) is 3.30. The van der Waals surface area contributed by atoms with Gasteiger partial charge in [0.1, 0.15) is 13.2 Å². The van der Waals surface area contributed by atoms with Gasteiger partial charge in [0.15, 0.2) is 11.5 Å². The Hall–Kier alpha value is -3.75. The Bertz CT molecular complexity index is 1010.